The summed E-state index contributed by atoms with van der Waals surface area (Å²) >= 11 is 1.72. The van der Waals surface area contributed by atoms with Crippen LogP contribution in [0.15, 0.2) is 34.2 Å². The first-order chi connectivity index (χ1) is 13.6. The summed E-state index contributed by atoms with van der Waals surface area (Å²) in [4.78, 5) is 5.69. The molecule has 0 aliphatic rings. The molecule has 29 heavy (non-hydrogen) atoms. The van der Waals surface area contributed by atoms with Crippen LogP contribution in [0.4, 0.5) is 4.39 Å². The van der Waals surface area contributed by atoms with Crippen LogP contribution in [0.1, 0.15) is 24.5 Å². The van der Waals surface area contributed by atoms with Gasteiger partial charge in [0.15, 0.2) is 11.8 Å². The van der Waals surface area contributed by atoms with Gasteiger partial charge in [-0.3, -0.25) is 0 Å². The first-order valence-electron chi connectivity index (χ1n) is 9.34. The Balaban J connectivity index is 0.00000420. The van der Waals surface area contributed by atoms with E-state index >= 15 is 0 Å². The van der Waals surface area contributed by atoms with Crippen LogP contribution < -0.4 is 10.6 Å². The minimum absolute atomic E-state index is 0. The average molecular weight is 536 g/mol. The van der Waals surface area contributed by atoms with E-state index < -0.39 is 0 Å². The van der Waals surface area contributed by atoms with Crippen LogP contribution in [-0.2, 0) is 18.3 Å². The summed E-state index contributed by atoms with van der Waals surface area (Å²) in [6.07, 6.45) is 1.87. The molecule has 10 heteroatoms. The van der Waals surface area contributed by atoms with E-state index in [1.165, 1.54) is 12.1 Å². The van der Waals surface area contributed by atoms with E-state index in [0.717, 1.165) is 54.2 Å². The highest BCUT2D eigenvalue weighted by atomic mass is 127. The van der Waals surface area contributed by atoms with Crippen LogP contribution in [0.25, 0.3) is 0 Å². The number of benzene rings is 1. The molecule has 0 saturated heterocycles. The summed E-state index contributed by atoms with van der Waals surface area (Å²) in [6.45, 7) is 4.66. The van der Waals surface area contributed by atoms with Gasteiger partial charge in [-0.2, -0.15) is 0 Å². The zero-order valence-electron chi connectivity index (χ0n) is 17.2. The quantitative estimate of drug-likeness (QED) is 0.151. The second kappa shape index (κ2) is 14.6. The Morgan fingerprint density at radius 3 is 2.48 bits per heavy atom. The average Bonchev–Trinajstić information content (AvgIpc) is 3.02. The topological polar surface area (TPSA) is 76.4 Å². The minimum Gasteiger partial charge on any atom is -0.385 e. The molecule has 0 unspecified atom stereocenters. The SMILES string of the molecule is COCCCNC(=NCc1nnc(C)n1C)NCCCSc1ccc(F)cc1.I. The number of hydrogen-bond acceptors (Lipinski definition) is 5. The molecule has 1 aromatic heterocycles. The van der Waals surface area contributed by atoms with Gasteiger partial charge in [0, 0.05) is 38.7 Å². The maximum atomic E-state index is 12.9. The molecule has 0 bridgehead atoms. The van der Waals surface area contributed by atoms with Gasteiger partial charge in [0.1, 0.15) is 18.2 Å². The highest BCUT2D eigenvalue weighted by molar-refractivity contribution is 14.0. The molecule has 2 rings (SSSR count). The minimum atomic E-state index is -0.204. The molecule has 0 aliphatic heterocycles. The summed E-state index contributed by atoms with van der Waals surface area (Å²) in [5.41, 5.74) is 0. The first-order valence-corrected chi connectivity index (χ1v) is 10.3. The molecule has 2 aromatic rings. The van der Waals surface area contributed by atoms with Gasteiger partial charge in [0.2, 0.25) is 0 Å². The number of aliphatic imine (C=N–C) groups is 1. The van der Waals surface area contributed by atoms with Gasteiger partial charge in [0.25, 0.3) is 0 Å². The number of thioether (sulfide) groups is 1. The molecule has 0 fully saturated rings. The van der Waals surface area contributed by atoms with Crippen molar-refractivity contribution in [1.82, 2.24) is 25.4 Å². The number of rotatable bonds is 11. The lowest BCUT2D eigenvalue weighted by molar-refractivity contribution is 0.195. The van der Waals surface area contributed by atoms with Crippen molar-refractivity contribution in [2.75, 3.05) is 32.6 Å². The Hall–Kier alpha value is -1.40. The van der Waals surface area contributed by atoms with Gasteiger partial charge in [-0.15, -0.1) is 45.9 Å². The van der Waals surface area contributed by atoms with E-state index in [4.69, 9.17) is 4.74 Å². The molecule has 0 atom stereocenters. The fourth-order valence-corrected chi connectivity index (χ4v) is 3.19. The highest BCUT2D eigenvalue weighted by Crippen LogP contribution is 2.18. The van der Waals surface area contributed by atoms with Gasteiger partial charge in [-0.05, 0) is 49.8 Å². The molecule has 162 valence electrons. The zero-order valence-corrected chi connectivity index (χ0v) is 20.3. The smallest absolute Gasteiger partial charge is 0.191 e. The summed E-state index contributed by atoms with van der Waals surface area (Å²) < 4.78 is 20.0. The lowest BCUT2D eigenvalue weighted by atomic mass is 10.4. The van der Waals surface area contributed by atoms with E-state index in [1.54, 1.807) is 31.0 Å². The lowest BCUT2D eigenvalue weighted by Gasteiger charge is -2.12. The number of guanidine groups is 1. The summed E-state index contributed by atoms with van der Waals surface area (Å²) in [7, 11) is 3.63. The Bertz CT molecular complexity index is 741. The Labute approximate surface area is 193 Å². The predicted octanol–water partition coefficient (Wildman–Crippen LogP) is 3.13. The Morgan fingerprint density at radius 1 is 1.17 bits per heavy atom. The van der Waals surface area contributed by atoms with Gasteiger partial charge < -0.3 is 19.9 Å². The Morgan fingerprint density at radius 2 is 1.86 bits per heavy atom. The number of nitrogens with one attached hydrogen (secondary N) is 2. The molecular weight excluding hydrogens is 506 g/mol. The fraction of sp³-hybridized carbons (Fsp3) is 0.526. The van der Waals surface area contributed by atoms with E-state index in [2.05, 4.69) is 25.8 Å². The number of hydrogen-bond donors (Lipinski definition) is 2. The highest BCUT2D eigenvalue weighted by Gasteiger charge is 2.05. The first kappa shape index (κ1) is 25.6. The zero-order chi connectivity index (χ0) is 20.2. The molecule has 0 saturated carbocycles. The normalized spacial score (nSPS) is 11.2. The van der Waals surface area contributed by atoms with Crippen LogP contribution in [0, 0.1) is 12.7 Å². The maximum absolute atomic E-state index is 12.9. The van der Waals surface area contributed by atoms with Gasteiger partial charge in [-0.1, -0.05) is 0 Å². The van der Waals surface area contributed by atoms with Gasteiger partial charge >= 0.3 is 0 Å². The molecule has 2 N–H and O–H groups in total. The van der Waals surface area contributed by atoms with Gasteiger partial charge in [-0.25, -0.2) is 9.38 Å². The largest absolute Gasteiger partial charge is 0.385 e. The van der Waals surface area contributed by atoms with Crippen molar-refractivity contribution >= 4 is 41.7 Å². The second-order valence-corrected chi connectivity index (χ2v) is 7.41. The van der Waals surface area contributed by atoms with Crippen LogP contribution >= 0.6 is 35.7 Å². The van der Waals surface area contributed by atoms with Crippen molar-refractivity contribution in [1.29, 1.82) is 0 Å². The van der Waals surface area contributed by atoms with Crippen molar-refractivity contribution < 1.29 is 9.13 Å². The molecule has 0 spiro atoms. The third kappa shape index (κ3) is 9.77. The predicted molar refractivity (Wildman–Crippen MR) is 127 cm³/mol. The monoisotopic (exact) mass is 536 g/mol. The Kier molecular flexibility index (Phi) is 12.9. The second-order valence-electron chi connectivity index (χ2n) is 6.24. The molecule has 0 aliphatic carbocycles. The molecule has 0 radical (unpaired) electrons. The van der Waals surface area contributed by atoms with E-state index in [1.807, 2.05) is 18.5 Å². The molecule has 0 amide bonds. The number of aryl methyl sites for hydroxylation is 1. The van der Waals surface area contributed by atoms with Crippen molar-refractivity contribution in [3.05, 3.63) is 41.7 Å². The number of halogens is 2. The third-order valence-electron chi connectivity index (χ3n) is 4.07. The number of aromatic nitrogens is 3. The van der Waals surface area contributed by atoms with Crippen molar-refractivity contribution in [3.63, 3.8) is 0 Å². The van der Waals surface area contributed by atoms with Crippen molar-refractivity contribution in [3.8, 4) is 0 Å². The third-order valence-corrected chi connectivity index (χ3v) is 5.17. The molecule has 1 heterocycles. The van der Waals surface area contributed by atoms with Crippen LogP contribution in [0.5, 0.6) is 0 Å². The maximum Gasteiger partial charge on any atom is 0.191 e. The number of ether oxygens (including phenoxy) is 1. The molecule has 7 nitrogen and oxygen atoms in total. The van der Waals surface area contributed by atoms with Crippen LogP contribution in [-0.4, -0.2) is 53.3 Å². The van der Waals surface area contributed by atoms with E-state index in [0.29, 0.717) is 13.2 Å². The fourth-order valence-electron chi connectivity index (χ4n) is 2.34. The lowest BCUT2D eigenvalue weighted by Crippen LogP contribution is -2.38. The van der Waals surface area contributed by atoms with Crippen molar-refractivity contribution in [2.45, 2.75) is 31.2 Å². The van der Waals surface area contributed by atoms with Crippen LogP contribution in [0.2, 0.25) is 0 Å². The van der Waals surface area contributed by atoms with Crippen LogP contribution in [0.3, 0.4) is 0 Å². The molecule has 1 aromatic carbocycles. The summed E-state index contributed by atoms with van der Waals surface area (Å²) in [5, 5.41) is 14.9. The van der Waals surface area contributed by atoms with Crippen molar-refractivity contribution in [2.24, 2.45) is 12.0 Å². The summed E-state index contributed by atoms with van der Waals surface area (Å²) in [6, 6.07) is 6.59. The van der Waals surface area contributed by atoms with Gasteiger partial charge in [0.05, 0.1) is 0 Å². The standard InChI is InChI=1S/C19H29FN6OS.HI/c1-15-24-25-18(26(15)2)14-23-19(21-10-4-12-27-3)22-11-5-13-28-17-8-6-16(20)7-9-17;/h6-9H,4-5,10-14H2,1-3H3,(H2,21,22,23);1H. The number of methoxy groups -OCH3 is 1. The number of nitrogens with zero attached hydrogens (tertiary/aromatic N) is 4. The van der Waals surface area contributed by atoms with E-state index in [9.17, 15) is 4.39 Å². The summed E-state index contributed by atoms with van der Waals surface area (Å²) in [5.74, 6) is 3.18. The molecular formula is C19H30FIN6OS. The van der Waals surface area contributed by atoms with E-state index in [-0.39, 0.29) is 29.8 Å².